The summed E-state index contributed by atoms with van der Waals surface area (Å²) in [5.74, 6) is -0.159. The molecule has 1 amide bonds. The molecule has 0 spiro atoms. The summed E-state index contributed by atoms with van der Waals surface area (Å²) in [4.78, 5) is 13.7. The molecule has 2 aromatic rings. The zero-order valence-electron chi connectivity index (χ0n) is 16.1. The van der Waals surface area contributed by atoms with Crippen LogP contribution in [0, 0.1) is 0 Å². The molecule has 8 heteroatoms. The van der Waals surface area contributed by atoms with E-state index in [1.54, 1.807) is 39.9 Å². The van der Waals surface area contributed by atoms with Crippen LogP contribution >= 0.6 is 11.3 Å². The van der Waals surface area contributed by atoms with Gasteiger partial charge >= 0.3 is 0 Å². The van der Waals surface area contributed by atoms with E-state index in [1.165, 1.54) is 4.88 Å². The van der Waals surface area contributed by atoms with Crippen molar-refractivity contribution in [3.8, 4) is 0 Å². The molecule has 0 saturated carbocycles. The van der Waals surface area contributed by atoms with Crippen molar-refractivity contribution in [3.63, 3.8) is 0 Å². The topological polar surface area (TPSA) is 78.5 Å². The second-order valence-corrected chi connectivity index (χ2v) is 9.85. The van der Waals surface area contributed by atoms with Gasteiger partial charge in [-0.1, -0.05) is 30.7 Å². The molecule has 1 aliphatic heterocycles. The zero-order valence-corrected chi connectivity index (χ0v) is 17.7. The summed E-state index contributed by atoms with van der Waals surface area (Å²) in [6.45, 7) is 3.51. The lowest BCUT2D eigenvalue weighted by molar-refractivity contribution is -0.120. The molecule has 1 aromatic heterocycles. The summed E-state index contributed by atoms with van der Waals surface area (Å²) in [6, 6.07) is 11.0. The number of benzene rings is 1. The van der Waals surface area contributed by atoms with E-state index >= 15 is 0 Å². The third-order valence-electron chi connectivity index (χ3n) is 4.92. The maximum Gasteiger partial charge on any atom is 0.243 e. The Hall–Kier alpha value is -1.74. The van der Waals surface area contributed by atoms with Crippen LogP contribution in [0.3, 0.4) is 0 Å². The Morgan fingerprint density at radius 1 is 1.14 bits per heavy atom. The van der Waals surface area contributed by atoms with Gasteiger partial charge in [-0.3, -0.25) is 4.79 Å². The van der Waals surface area contributed by atoms with Gasteiger partial charge in [-0.2, -0.15) is 4.31 Å². The molecule has 0 aliphatic carbocycles. The van der Waals surface area contributed by atoms with Crippen LogP contribution in [0.5, 0.6) is 0 Å². The van der Waals surface area contributed by atoms with Crippen molar-refractivity contribution in [2.75, 3.05) is 19.6 Å². The highest BCUT2D eigenvalue weighted by Crippen LogP contribution is 2.23. The fraction of sp³-hybridized carbons (Fsp3) is 0.450. The van der Waals surface area contributed by atoms with Crippen molar-refractivity contribution < 1.29 is 13.2 Å². The van der Waals surface area contributed by atoms with Gasteiger partial charge in [-0.25, -0.2) is 8.42 Å². The Morgan fingerprint density at radius 3 is 2.61 bits per heavy atom. The number of nitrogens with one attached hydrogen (secondary N) is 2. The predicted molar refractivity (Wildman–Crippen MR) is 112 cm³/mol. The van der Waals surface area contributed by atoms with Crippen LogP contribution < -0.4 is 10.6 Å². The first-order valence-electron chi connectivity index (χ1n) is 9.60. The van der Waals surface area contributed by atoms with Gasteiger partial charge in [0, 0.05) is 30.6 Å². The molecule has 6 nitrogen and oxygen atoms in total. The smallest absolute Gasteiger partial charge is 0.243 e. The highest BCUT2D eigenvalue weighted by Gasteiger charge is 2.27. The number of piperidine rings is 1. The predicted octanol–water partition coefficient (Wildman–Crippen LogP) is 2.89. The second kappa shape index (κ2) is 9.65. The van der Waals surface area contributed by atoms with Gasteiger partial charge in [0.1, 0.15) is 0 Å². The van der Waals surface area contributed by atoms with E-state index in [9.17, 15) is 13.2 Å². The third kappa shape index (κ3) is 5.20. The van der Waals surface area contributed by atoms with Crippen LogP contribution in [0.4, 0.5) is 0 Å². The molecule has 1 atom stereocenters. The maximum atomic E-state index is 13.0. The van der Waals surface area contributed by atoms with Gasteiger partial charge in [0.05, 0.1) is 11.4 Å². The largest absolute Gasteiger partial charge is 0.351 e. The Balaban J connectivity index is 1.59. The summed E-state index contributed by atoms with van der Waals surface area (Å²) in [7, 11) is -3.53. The number of amides is 1. The van der Waals surface area contributed by atoms with E-state index < -0.39 is 10.0 Å². The Kier molecular flexibility index (Phi) is 7.23. The van der Waals surface area contributed by atoms with Gasteiger partial charge in [-0.15, -0.1) is 11.3 Å². The number of carbonyl (C=O) groups excluding carboxylic acids is 1. The Bertz CT molecular complexity index is 876. The van der Waals surface area contributed by atoms with E-state index in [-0.39, 0.29) is 29.9 Å². The van der Waals surface area contributed by atoms with Gasteiger partial charge in [-0.05, 0) is 42.8 Å². The standard InChI is InChI=1S/C20H27N3O3S2/c1-16(18-9-7-13-27-18)21-15-20(24)22-14-17-8-3-4-10-19(17)28(25,26)23-11-5-2-6-12-23/h3-4,7-10,13,16,21H,2,5-6,11-12,14-15H2,1H3,(H,22,24). The van der Waals surface area contributed by atoms with Crippen molar-refractivity contribution >= 4 is 27.3 Å². The molecule has 1 saturated heterocycles. The first-order valence-corrected chi connectivity index (χ1v) is 11.9. The first-order chi connectivity index (χ1) is 13.5. The summed E-state index contributed by atoms with van der Waals surface area (Å²) >= 11 is 1.65. The average Bonchev–Trinajstić information content (AvgIpc) is 3.26. The monoisotopic (exact) mass is 421 g/mol. The quantitative estimate of drug-likeness (QED) is 0.687. The van der Waals surface area contributed by atoms with Crippen LogP contribution in [0.15, 0.2) is 46.7 Å². The fourth-order valence-corrected chi connectivity index (χ4v) is 5.78. The Morgan fingerprint density at radius 2 is 1.89 bits per heavy atom. The van der Waals surface area contributed by atoms with E-state index in [2.05, 4.69) is 10.6 Å². The average molecular weight is 422 g/mol. The van der Waals surface area contributed by atoms with Crippen molar-refractivity contribution in [2.45, 2.75) is 43.7 Å². The van der Waals surface area contributed by atoms with Crippen LogP contribution in [0.1, 0.15) is 42.7 Å². The van der Waals surface area contributed by atoms with E-state index in [1.807, 2.05) is 24.4 Å². The van der Waals surface area contributed by atoms with Gasteiger partial charge in [0.2, 0.25) is 15.9 Å². The minimum Gasteiger partial charge on any atom is -0.351 e. The molecule has 2 N–H and O–H groups in total. The number of rotatable bonds is 8. The molecule has 1 aliphatic rings. The number of hydrogen-bond donors (Lipinski definition) is 2. The fourth-order valence-electron chi connectivity index (χ4n) is 3.29. The minimum absolute atomic E-state index is 0.0949. The van der Waals surface area contributed by atoms with E-state index in [0.29, 0.717) is 18.7 Å². The molecule has 1 fully saturated rings. The number of thiophene rings is 1. The number of nitrogens with zero attached hydrogens (tertiary/aromatic N) is 1. The van der Waals surface area contributed by atoms with Crippen LogP contribution in [0.2, 0.25) is 0 Å². The van der Waals surface area contributed by atoms with Crippen molar-refractivity contribution in [2.24, 2.45) is 0 Å². The number of hydrogen-bond acceptors (Lipinski definition) is 5. The second-order valence-electron chi connectivity index (χ2n) is 6.97. The highest BCUT2D eigenvalue weighted by molar-refractivity contribution is 7.89. The van der Waals surface area contributed by atoms with Gasteiger partial charge < -0.3 is 10.6 Å². The lowest BCUT2D eigenvalue weighted by Gasteiger charge is -2.26. The molecular weight excluding hydrogens is 394 g/mol. The molecule has 28 heavy (non-hydrogen) atoms. The van der Waals surface area contributed by atoms with E-state index in [0.717, 1.165) is 19.3 Å². The van der Waals surface area contributed by atoms with Crippen LogP contribution in [0.25, 0.3) is 0 Å². The SMILES string of the molecule is CC(NCC(=O)NCc1ccccc1S(=O)(=O)N1CCCCC1)c1cccs1. The molecule has 1 aromatic carbocycles. The molecule has 0 bridgehead atoms. The highest BCUT2D eigenvalue weighted by atomic mass is 32.2. The molecule has 1 unspecified atom stereocenters. The summed E-state index contributed by atoms with van der Waals surface area (Å²) < 4.78 is 27.6. The number of carbonyl (C=O) groups is 1. The molecule has 0 radical (unpaired) electrons. The normalized spacial score (nSPS) is 16.6. The minimum atomic E-state index is -3.53. The molecule has 152 valence electrons. The zero-order chi connectivity index (χ0) is 20.0. The van der Waals surface area contributed by atoms with Crippen LogP contribution in [-0.2, 0) is 21.4 Å². The van der Waals surface area contributed by atoms with E-state index in [4.69, 9.17) is 0 Å². The Labute approximate surface area is 171 Å². The first kappa shape index (κ1) is 21.0. The maximum absolute atomic E-state index is 13.0. The lowest BCUT2D eigenvalue weighted by Crippen LogP contribution is -2.37. The summed E-state index contributed by atoms with van der Waals surface area (Å²) in [5, 5.41) is 8.03. The van der Waals surface area contributed by atoms with Crippen molar-refractivity contribution in [1.29, 1.82) is 0 Å². The lowest BCUT2D eigenvalue weighted by atomic mass is 10.2. The van der Waals surface area contributed by atoms with Crippen molar-refractivity contribution in [1.82, 2.24) is 14.9 Å². The summed E-state index contributed by atoms with van der Waals surface area (Å²) in [5.41, 5.74) is 0.618. The third-order valence-corrected chi connectivity index (χ3v) is 7.97. The van der Waals surface area contributed by atoms with Crippen LogP contribution in [-0.4, -0.2) is 38.3 Å². The molecule has 3 rings (SSSR count). The van der Waals surface area contributed by atoms with Gasteiger partial charge in [0.15, 0.2) is 0 Å². The summed E-state index contributed by atoms with van der Waals surface area (Å²) in [6.07, 6.45) is 2.86. The molecular formula is C20H27N3O3S2. The number of sulfonamides is 1. The molecule has 2 heterocycles. The van der Waals surface area contributed by atoms with Gasteiger partial charge in [0.25, 0.3) is 0 Å². The van der Waals surface area contributed by atoms with Crippen molar-refractivity contribution in [3.05, 3.63) is 52.2 Å².